The second kappa shape index (κ2) is 9.03. The van der Waals surface area contributed by atoms with E-state index in [0.29, 0.717) is 30.5 Å². The minimum absolute atomic E-state index is 0.118. The molecule has 0 heterocycles. The molecule has 0 aliphatic rings. The molecule has 0 bridgehead atoms. The summed E-state index contributed by atoms with van der Waals surface area (Å²) in [6.45, 7) is 5.10. The molecule has 1 unspecified atom stereocenters. The maximum atomic E-state index is 12.4. The highest BCUT2D eigenvalue weighted by Gasteiger charge is 2.17. The monoisotopic (exact) mass is 295 g/mol. The Balaban J connectivity index is 2.66. The van der Waals surface area contributed by atoms with Crippen LogP contribution in [-0.4, -0.2) is 48.9 Å². The average Bonchev–Trinajstić information content (AvgIpc) is 2.45. The van der Waals surface area contributed by atoms with E-state index in [1.807, 2.05) is 50.0 Å². The van der Waals surface area contributed by atoms with Crippen molar-refractivity contribution in [3.05, 3.63) is 29.8 Å². The van der Waals surface area contributed by atoms with Gasteiger partial charge in [0.1, 0.15) is 5.75 Å². The fourth-order valence-electron chi connectivity index (χ4n) is 1.95. The van der Waals surface area contributed by atoms with Gasteiger partial charge in [-0.05, 0) is 51.5 Å². The van der Waals surface area contributed by atoms with Crippen molar-refractivity contribution in [3.8, 4) is 5.75 Å². The van der Waals surface area contributed by atoms with Crippen molar-refractivity contribution in [2.45, 2.75) is 26.3 Å². The van der Waals surface area contributed by atoms with Crippen LogP contribution in [0.4, 0.5) is 0 Å². The first-order valence-electron chi connectivity index (χ1n) is 7.04. The Morgan fingerprint density at radius 3 is 2.75 bits per heavy atom. The van der Waals surface area contributed by atoms with Gasteiger partial charge in [0.05, 0.1) is 18.7 Å². The zero-order valence-corrected chi connectivity index (χ0v) is 13.7. The third kappa shape index (κ3) is 5.17. The second-order valence-electron chi connectivity index (χ2n) is 4.90. The Morgan fingerprint density at radius 2 is 2.10 bits per heavy atom. The number of ketones is 1. The summed E-state index contributed by atoms with van der Waals surface area (Å²) in [5.74, 6) is 1.92. The first kappa shape index (κ1) is 17.1. The summed E-state index contributed by atoms with van der Waals surface area (Å²) in [4.78, 5) is 14.5. The van der Waals surface area contributed by atoms with Gasteiger partial charge in [-0.25, -0.2) is 0 Å². The number of Topliss-reactive ketones (excluding diaryl/α,β-unsaturated/α-hetero) is 1. The van der Waals surface area contributed by atoms with Crippen molar-refractivity contribution in [2.75, 3.05) is 32.2 Å². The van der Waals surface area contributed by atoms with Crippen LogP contribution in [0, 0.1) is 0 Å². The SMILES string of the molecule is CCOc1ccccc1C(=O)CN(C)C(C)CCSC. The lowest BCUT2D eigenvalue weighted by Gasteiger charge is -2.24. The van der Waals surface area contributed by atoms with E-state index in [9.17, 15) is 4.79 Å². The molecule has 1 rings (SSSR count). The molecule has 1 aromatic carbocycles. The molecule has 0 spiro atoms. The quantitative estimate of drug-likeness (QED) is 0.654. The van der Waals surface area contributed by atoms with Crippen LogP contribution in [0.2, 0.25) is 0 Å². The van der Waals surface area contributed by atoms with Gasteiger partial charge in [0.25, 0.3) is 0 Å². The van der Waals surface area contributed by atoms with E-state index < -0.39 is 0 Å². The zero-order chi connectivity index (χ0) is 15.0. The van der Waals surface area contributed by atoms with Crippen molar-refractivity contribution in [1.29, 1.82) is 0 Å². The number of carbonyl (C=O) groups excluding carboxylic acids is 1. The van der Waals surface area contributed by atoms with Gasteiger partial charge in [-0.3, -0.25) is 9.69 Å². The third-order valence-corrected chi connectivity index (χ3v) is 4.02. The Labute approximate surface area is 126 Å². The molecule has 0 saturated carbocycles. The molecule has 0 aliphatic carbocycles. The molecule has 20 heavy (non-hydrogen) atoms. The predicted octanol–water partition coefficient (Wildman–Crippen LogP) is 3.34. The van der Waals surface area contributed by atoms with Gasteiger partial charge in [-0.2, -0.15) is 11.8 Å². The Kier molecular flexibility index (Phi) is 7.70. The second-order valence-corrected chi connectivity index (χ2v) is 5.88. The zero-order valence-electron chi connectivity index (χ0n) is 12.9. The molecule has 3 nitrogen and oxygen atoms in total. The molecule has 0 amide bonds. The first-order valence-corrected chi connectivity index (χ1v) is 8.43. The predicted molar refractivity (Wildman–Crippen MR) is 87.0 cm³/mol. The van der Waals surface area contributed by atoms with E-state index in [-0.39, 0.29) is 5.78 Å². The minimum atomic E-state index is 0.118. The van der Waals surface area contributed by atoms with Gasteiger partial charge in [-0.15, -0.1) is 0 Å². The van der Waals surface area contributed by atoms with E-state index in [2.05, 4.69) is 18.1 Å². The van der Waals surface area contributed by atoms with Gasteiger partial charge in [-0.1, -0.05) is 12.1 Å². The number of benzene rings is 1. The fourth-order valence-corrected chi connectivity index (χ4v) is 2.53. The topological polar surface area (TPSA) is 29.5 Å². The van der Waals surface area contributed by atoms with Crippen LogP contribution in [0.3, 0.4) is 0 Å². The van der Waals surface area contributed by atoms with Gasteiger partial charge < -0.3 is 4.74 Å². The molecule has 0 aromatic heterocycles. The molecular weight excluding hydrogens is 270 g/mol. The van der Waals surface area contributed by atoms with E-state index in [1.54, 1.807) is 0 Å². The summed E-state index contributed by atoms with van der Waals surface area (Å²) in [6.07, 6.45) is 3.20. The highest BCUT2D eigenvalue weighted by molar-refractivity contribution is 7.98. The molecule has 0 fully saturated rings. The molecule has 4 heteroatoms. The highest BCUT2D eigenvalue weighted by atomic mass is 32.2. The van der Waals surface area contributed by atoms with Crippen molar-refractivity contribution in [3.63, 3.8) is 0 Å². The van der Waals surface area contributed by atoms with Crippen LogP contribution in [-0.2, 0) is 0 Å². The van der Waals surface area contributed by atoms with Crippen LogP contribution in [0.15, 0.2) is 24.3 Å². The molecular formula is C16H25NO2S. The molecule has 0 N–H and O–H groups in total. The van der Waals surface area contributed by atoms with Gasteiger partial charge in [0.15, 0.2) is 5.78 Å². The van der Waals surface area contributed by atoms with E-state index >= 15 is 0 Å². The first-order chi connectivity index (χ1) is 9.60. The smallest absolute Gasteiger partial charge is 0.180 e. The summed E-state index contributed by atoms with van der Waals surface area (Å²) in [5, 5.41) is 0. The standard InChI is InChI=1S/C16H25NO2S/c1-5-19-16-9-7-6-8-14(16)15(18)12-17(3)13(2)10-11-20-4/h6-9,13H,5,10-12H2,1-4H3. The molecule has 112 valence electrons. The minimum Gasteiger partial charge on any atom is -0.493 e. The number of hydrogen-bond acceptors (Lipinski definition) is 4. The summed E-state index contributed by atoms with van der Waals surface area (Å²) in [5.41, 5.74) is 0.679. The molecule has 0 aliphatic heterocycles. The number of carbonyl (C=O) groups is 1. The van der Waals surface area contributed by atoms with Gasteiger partial charge >= 0.3 is 0 Å². The lowest BCUT2D eigenvalue weighted by molar-refractivity contribution is 0.0920. The van der Waals surface area contributed by atoms with E-state index in [1.165, 1.54) is 0 Å². The van der Waals surface area contributed by atoms with Crippen molar-refractivity contribution < 1.29 is 9.53 Å². The van der Waals surface area contributed by atoms with E-state index in [4.69, 9.17) is 4.74 Å². The average molecular weight is 295 g/mol. The Hall–Kier alpha value is -1.00. The largest absolute Gasteiger partial charge is 0.493 e. The number of likely N-dealkylation sites (N-methyl/N-ethyl adjacent to an activating group) is 1. The molecule has 0 saturated heterocycles. The number of nitrogens with zero attached hydrogens (tertiary/aromatic N) is 1. The number of hydrogen-bond donors (Lipinski definition) is 0. The summed E-state index contributed by atoms with van der Waals surface area (Å²) in [6, 6.07) is 7.88. The fraction of sp³-hybridized carbons (Fsp3) is 0.562. The summed E-state index contributed by atoms with van der Waals surface area (Å²) in [7, 11) is 2.01. The molecule has 0 radical (unpaired) electrons. The molecule has 1 atom stereocenters. The third-order valence-electron chi connectivity index (χ3n) is 3.37. The van der Waals surface area contributed by atoms with Crippen LogP contribution in [0.1, 0.15) is 30.6 Å². The Bertz CT molecular complexity index is 423. The maximum absolute atomic E-state index is 12.4. The lowest BCUT2D eigenvalue weighted by atomic mass is 10.1. The highest BCUT2D eigenvalue weighted by Crippen LogP contribution is 2.19. The van der Waals surface area contributed by atoms with Crippen molar-refractivity contribution in [2.24, 2.45) is 0 Å². The Morgan fingerprint density at radius 1 is 1.40 bits per heavy atom. The van der Waals surface area contributed by atoms with Gasteiger partial charge in [0.2, 0.25) is 0 Å². The van der Waals surface area contributed by atoms with Crippen LogP contribution in [0.25, 0.3) is 0 Å². The van der Waals surface area contributed by atoms with Crippen LogP contribution >= 0.6 is 11.8 Å². The number of rotatable bonds is 9. The van der Waals surface area contributed by atoms with E-state index in [0.717, 1.165) is 12.2 Å². The molecule has 1 aromatic rings. The van der Waals surface area contributed by atoms with Crippen molar-refractivity contribution in [1.82, 2.24) is 4.90 Å². The number of ether oxygens (including phenoxy) is 1. The van der Waals surface area contributed by atoms with Crippen LogP contribution in [0.5, 0.6) is 5.75 Å². The maximum Gasteiger partial charge on any atom is 0.180 e. The number of thioether (sulfide) groups is 1. The van der Waals surface area contributed by atoms with Crippen molar-refractivity contribution >= 4 is 17.5 Å². The normalized spacial score (nSPS) is 12.4. The lowest BCUT2D eigenvalue weighted by Crippen LogP contribution is -2.34. The van der Waals surface area contributed by atoms with Gasteiger partial charge in [0, 0.05) is 6.04 Å². The number of para-hydroxylation sites is 1. The summed E-state index contributed by atoms with van der Waals surface area (Å²) < 4.78 is 5.52. The summed E-state index contributed by atoms with van der Waals surface area (Å²) >= 11 is 1.84. The van der Waals surface area contributed by atoms with Crippen LogP contribution < -0.4 is 4.74 Å².